The van der Waals surface area contributed by atoms with E-state index in [1.54, 1.807) is 6.07 Å². The summed E-state index contributed by atoms with van der Waals surface area (Å²) in [5.74, 6) is -1.37. The van der Waals surface area contributed by atoms with E-state index in [-0.39, 0.29) is 18.4 Å². The summed E-state index contributed by atoms with van der Waals surface area (Å²) in [4.78, 5) is 11.5. The number of carboxylic acid groups (broad SMARTS) is 1. The zero-order valence-electron chi connectivity index (χ0n) is 13.4. The molecule has 0 spiro atoms. The minimum Gasteiger partial charge on any atom is -0.507 e. The van der Waals surface area contributed by atoms with Crippen LogP contribution in [0.25, 0.3) is 0 Å². The van der Waals surface area contributed by atoms with Crippen molar-refractivity contribution in [3.8, 4) is 5.75 Å². The molecule has 3 N–H and O–H groups in total. The number of hydrogen-bond donors (Lipinski definition) is 3. The lowest BCUT2D eigenvalue weighted by Crippen LogP contribution is -2.26. The first-order valence-electron chi connectivity index (χ1n) is 8.06. The van der Waals surface area contributed by atoms with Gasteiger partial charge in [0.15, 0.2) is 0 Å². The second kappa shape index (κ2) is 6.69. The Bertz CT molecular complexity index is 544. The van der Waals surface area contributed by atoms with Gasteiger partial charge in [-0.1, -0.05) is 38.3 Å². The Labute approximate surface area is 131 Å². The van der Waals surface area contributed by atoms with E-state index in [0.717, 1.165) is 31.2 Å². The zero-order valence-corrected chi connectivity index (χ0v) is 13.4. The average Bonchev–Trinajstić information content (AvgIpc) is 2.48. The highest BCUT2D eigenvalue weighted by molar-refractivity contribution is 5.76. The molecule has 0 aromatic heterocycles. The highest BCUT2D eigenvalue weighted by Crippen LogP contribution is 2.44. The predicted octanol–water partition coefficient (Wildman–Crippen LogP) is 3.47. The van der Waals surface area contributed by atoms with Crippen LogP contribution in [0.4, 0.5) is 0 Å². The molecule has 0 radical (unpaired) electrons. The van der Waals surface area contributed by atoms with E-state index in [4.69, 9.17) is 5.11 Å². The molecular formula is C18H26O4. The van der Waals surface area contributed by atoms with Crippen LogP contribution in [-0.4, -0.2) is 27.9 Å². The molecule has 4 nitrogen and oxygen atoms in total. The number of benzene rings is 1. The highest BCUT2D eigenvalue weighted by Gasteiger charge is 2.33. The van der Waals surface area contributed by atoms with Gasteiger partial charge in [-0.2, -0.15) is 0 Å². The number of rotatable bonds is 5. The molecule has 22 heavy (non-hydrogen) atoms. The third kappa shape index (κ3) is 3.27. The average molecular weight is 306 g/mol. The Kier molecular flexibility index (Phi) is 5.12. The summed E-state index contributed by atoms with van der Waals surface area (Å²) in [5, 5.41) is 29.0. The maximum Gasteiger partial charge on any atom is 0.311 e. The lowest BCUT2D eigenvalue weighted by atomic mass is 9.69. The first-order valence-corrected chi connectivity index (χ1v) is 8.06. The summed E-state index contributed by atoms with van der Waals surface area (Å²) in [7, 11) is 0. The Morgan fingerprint density at radius 2 is 1.91 bits per heavy atom. The van der Waals surface area contributed by atoms with Crippen LogP contribution >= 0.6 is 0 Å². The standard InChI is InChI=1S/C18H26O4/c1-12-10-13(14(6-9-19)17(21)22)11-15(16(12)20)18(2)7-4-3-5-8-18/h10-11,14,19-20H,3-9H2,1-2H3,(H,21,22). The minimum absolute atomic E-state index is 0.0919. The van der Waals surface area contributed by atoms with Crippen LogP contribution in [0.15, 0.2) is 12.1 Å². The molecule has 1 aromatic rings. The number of aliphatic hydroxyl groups is 1. The van der Waals surface area contributed by atoms with Crippen molar-refractivity contribution in [3.63, 3.8) is 0 Å². The van der Waals surface area contributed by atoms with E-state index in [1.807, 2.05) is 13.0 Å². The molecule has 1 aromatic carbocycles. The normalized spacial score (nSPS) is 18.9. The van der Waals surface area contributed by atoms with Crippen molar-refractivity contribution in [2.75, 3.05) is 6.61 Å². The molecule has 1 unspecified atom stereocenters. The Morgan fingerprint density at radius 1 is 1.27 bits per heavy atom. The van der Waals surface area contributed by atoms with Crippen LogP contribution in [0.5, 0.6) is 5.75 Å². The van der Waals surface area contributed by atoms with E-state index in [9.17, 15) is 15.0 Å². The quantitative estimate of drug-likeness (QED) is 0.778. The molecule has 1 saturated carbocycles. The number of carbonyl (C=O) groups is 1. The van der Waals surface area contributed by atoms with Crippen molar-refractivity contribution < 1.29 is 20.1 Å². The lowest BCUT2D eigenvalue weighted by molar-refractivity contribution is -0.139. The van der Waals surface area contributed by atoms with Gasteiger partial charge in [-0.05, 0) is 42.7 Å². The summed E-state index contributed by atoms with van der Waals surface area (Å²) in [6.45, 7) is 3.81. The minimum atomic E-state index is -0.932. The highest BCUT2D eigenvalue weighted by atomic mass is 16.4. The maximum atomic E-state index is 11.5. The van der Waals surface area contributed by atoms with E-state index >= 15 is 0 Å². The maximum absolute atomic E-state index is 11.5. The van der Waals surface area contributed by atoms with Crippen LogP contribution in [0.3, 0.4) is 0 Å². The topological polar surface area (TPSA) is 77.8 Å². The smallest absolute Gasteiger partial charge is 0.311 e. The number of phenolic OH excluding ortho intramolecular Hbond substituents is 1. The molecular weight excluding hydrogens is 280 g/mol. The molecule has 0 aliphatic heterocycles. The summed E-state index contributed by atoms with van der Waals surface area (Å²) >= 11 is 0. The van der Waals surface area contributed by atoms with Crippen LogP contribution < -0.4 is 0 Å². The number of hydrogen-bond acceptors (Lipinski definition) is 3. The van der Waals surface area contributed by atoms with Crippen molar-refractivity contribution >= 4 is 5.97 Å². The van der Waals surface area contributed by atoms with Crippen LogP contribution in [-0.2, 0) is 10.2 Å². The van der Waals surface area contributed by atoms with Crippen molar-refractivity contribution in [2.24, 2.45) is 0 Å². The van der Waals surface area contributed by atoms with E-state index in [0.29, 0.717) is 16.9 Å². The largest absolute Gasteiger partial charge is 0.507 e. The first kappa shape index (κ1) is 16.8. The Morgan fingerprint density at radius 3 is 2.45 bits per heavy atom. The second-order valence-electron chi connectivity index (χ2n) is 6.76. The second-order valence-corrected chi connectivity index (χ2v) is 6.76. The Balaban J connectivity index is 2.48. The van der Waals surface area contributed by atoms with Crippen molar-refractivity contribution in [2.45, 2.75) is 63.7 Å². The number of carboxylic acids is 1. The molecule has 0 saturated heterocycles. The SMILES string of the molecule is Cc1cc(C(CCO)C(=O)O)cc(C2(C)CCCCC2)c1O. The molecule has 0 amide bonds. The van der Waals surface area contributed by atoms with Crippen LogP contribution in [0.2, 0.25) is 0 Å². The van der Waals surface area contributed by atoms with Gasteiger partial charge in [0.05, 0.1) is 5.92 Å². The van der Waals surface area contributed by atoms with E-state index in [1.165, 1.54) is 6.42 Å². The molecule has 1 atom stereocenters. The molecule has 122 valence electrons. The van der Waals surface area contributed by atoms with Gasteiger partial charge in [0.1, 0.15) is 5.75 Å². The first-order chi connectivity index (χ1) is 10.4. The number of aliphatic carboxylic acids is 1. The molecule has 4 heteroatoms. The van der Waals surface area contributed by atoms with Gasteiger partial charge in [-0.3, -0.25) is 4.79 Å². The summed E-state index contributed by atoms with van der Waals surface area (Å²) in [5.41, 5.74) is 2.17. The van der Waals surface area contributed by atoms with Gasteiger partial charge in [0.25, 0.3) is 0 Å². The van der Waals surface area contributed by atoms with Crippen molar-refractivity contribution in [3.05, 3.63) is 28.8 Å². The number of aromatic hydroxyl groups is 1. The summed E-state index contributed by atoms with van der Waals surface area (Å²) < 4.78 is 0. The number of phenols is 1. The van der Waals surface area contributed by atoms with Gasteiger partial charge in [0.2, 0.25) is 0 Å². The van der Waals surface area contributed by atoms with Gasteiger partial charge >= 0.3 is 5.97 Å². The van der Waals surface area contributed by atoms with Gasteiger partial charge < -0.3 is 15.3 Å². The van der Waals surface area contributed by atoms with E-state index in [2.05, 4.69) is 6.92 Å². The monoisotopic (exact) mass is 306 g/mol. The molecule has 1 fully saturated rings. The molecule has 0 bridgehead atoms. The summed E-state index contributed by atoms with van der Waals surface area (Å²) in [6, 6.07) is 3.58. The summed E-state index contributed by atoms with van der Waals surface area (Å²) in [6.07, 6.45) is 5.71. The van der Waals surface area contributed by atoms with Crippen molar-refractivity contribution in [1.82, 2.24) is 0 Å². The molecule has 1 aliphatic carbocycles. The molecule has 2 rings (SSSR count). The number of aryl methyl sites for hydroxylation is 1. The third-order valence-electron chi connectivity index (χ3n) is 5.05. The number of aliphatic hydroxyl groups excluding tert-OH is 1. The fraction of sp³-hybridized carbons (Fsp3) is 0.611. The van der Waals surface area contributed by atoms with Crippen molar-refractivity contribution in [1.29, 1.82) is 0 Å². The van der Waals surface area contributed by atoms with Crippen LogP contribution in [0.1, 0.15) is 68.1 Å². The Hall–Kier alpha value is -1.55. The van der Waals surface area contributed by atoms with Gasteiger partial charge in [0, 0.05) is 12.2 Å². The van der Waals surface area contributed by atoms with E-state index < -0.39 is 11.9 Å². The van der Waals surface area contributed by atoms with Gasteiger partial charge in [-0.25, -0.2) is 0 Å². The third-order valence-corrected chi connectivity index (χ3v) is 5.05. The molecule has 0 heterocycles. The van der Waals surface area contributed by atoms with Gasteiger partial charge in [-0.15, -0.1) is 0 Å². The van der Waals surface area contributed by atoms with Crippen LogP contribution in [0, 0.1) is 6.92 Å². The predicted molar refractivity (Wildman–Crippen MR) is 85.4 cm³/mol. The molecule has 1 aliphatic rings. The fourth-order valence-corrected chi connectivity index (χ4v) is 3.63. The zero-order chi connectivity index (χ0) is 16.3. The fourth-order valence-electron chi connectivity index (χ4n) is 3.63. The lowest BCUT2D eigenvalue weighted by Gasteiger charge is -2.35.